The Morgan fingerprint density at radius 3 is 2.44 bits per heavy atom. The van der Waals surface area contributed by atoms with Gasteiger partial charge >= 0.3 is 0 Å². The number of anilines is 2. The second kappa shape index (κ2) is 11.2. The van der Waals surface area contributed by atoms with Gasteiger partial charge in [-0.15, -0.1) is 0 Å². The summed E-state index contributed by atoms with van der Waals surface area (Å²) in [6.45, 7) is 1.74. The van der Waals surface area contributed by atoms with Crippen LogP contribution in [-0.4, -0.2) is 30.8 Å². The summed E-state index contributed by atoms with van der Waals surface area (Å²) in [5.74, 6) is -0.0531. The summed E-state index contributed by atoms with van der Waals surface area (Å²) in [6.07, 6.45) is 1.60. The van der Waals surface area contributed by atoms with Gasteiger partial charge in [-0.3, -0.25) is 14.4 Å². The van der Waals surface area contributed by atoms with Crippen LogP contribution in [0.15, 0.2) is 70.0 Å². The molecule has 3 aromatic carbocycles. The highest BCUT2D eigenvalue weighted by molar-refractivity contribution is 9.10. The SMILES string of the molecule is COc1cc(/C=C2/SC(=O)N(c3ccc(Cl)cc3)C2=O)c(Br)cc1OCC(=O)Nc1ccc(C)cc1. The summed E-state index contributed by atoms with van der Waals surface area (Å²) in [6, 6.07) is 17.2. The molecule has 3 aromatic rings. The molecule has 36 heavy (non-hydrogen) atoms. The Bertz CT molecular complexity index is 1360. The lowest BCUT2D eigenvalue weighted by molar-refractivity contribution is -0.118. The number of carbonyl (C=O) groups excluding carboxylic acids is 3. The highest BCUT2D eigenvalue weighted by Gasteiger charge is 2.36. The quantitative estimate of drug-likeness (QED) is 0.311. The lowest BCUT2D eigenvalue weighted by Crippen LogP contribution is -2.27. The van der Waals surface area contributed by atoms with E-state index in [4.69, 9.17) is 21.1 Å². The fourth-order valence-corrected chi connectivity index (χ4v) is 4.73. The molecule has 7 nitrogen and oxygen atoms in total. The lowest BCUT2D eigenvalue weighted by Gasteiger charge is -2.13. The van der Waals surface area contributed by atoms with Crippen LogP contribution in [0.2, 0.25) is 5.02 Å². The fraction of sp³-hybridized carbons (Fsp3) is 0.115. The van der Waals surface area contributed by atoms with E-state index in [1.54, 1.807) is 42.5 Å². The summed E-state index contributed by atoms with van der Waals surface area (Å²) >= 11 is 10.2. The third-order valence-electron chi connectivity index (χ3n) is 5.14. The van der Waals surface area contributed by atoms with Crippen LogP contribution in [0.3, 0.4) is 0 Å². The van der Waals surface area contributed by atoms with Gasteiger partial charge in [0.15, 0.2) is 18.1 Å². The Kier molecular flexibility index (Phi) is 8.03. The molecule has 0 atom stereocenters. The van der Waals surface area contributed by atoms with E-state index in [0.717, 1.165) is 22.2 Å². The molecule has 0 aliphatic carbocycles. The normalized spacial score (nSPS) is 14.3. The third kappa shape index (κ3) is 5.92. The summed E-state index contributed by atoms with van der Waals surface area (Å²) in [5.41, 5.74) is 2.80. The number of benzene rings is 3. The molecule has 1 N–H and O–H groups in total. The Labute approximate surface area is 225 Å². The molecule has 0 unspecified atom stereocenters. The molecule has 0 saturated carbocycles. The van der Waals surface area contributed by atoms with Crippen LogP contribution in [0.5, 0.6) is 11.5 Å². The van der Waals surface area contributed by atoms with E-state index in [1.165, 1.54) is 7.11 Å². The first kappa shape index (κ1) is 25.8. The molecule has 0 radical (unpaired) electrons. The van der Waals surface area contributed by atoms with Crippen molar-refractivity contribution >= 4 is 73.8 Å². The zero-order valence-corrected chi connectivity index (χ0v) is 22.4. The highest BCUT2D eigenvalue weighted by atomic mass is 79.9. The molecule has 1 heterocycles. The Morgan fingerprint density at radius 1 is 1.08 bits per heavy atom. The number of carbonyl (C=O) groups is 3. The molecular weight excluding hydrogens is 568 g/mol. The van der Waals surface area contributed by atoms with E-state index >= 15 is 0 Å². The van der Waals surface area contributed by atoms with Gasteiger partial charge < -0.3 is 14.8 Å². The van der Waals surface area contributed by atoms with E-state index < -0.39 is 11.1 Å². The summed E-state index contributed by atoms with van der Waals surface area (Å²) in [5, 5.41) is 2.87. The topological polar surface area (TPSA) is 84.9 Å². The fourth-order valence-electron chi connectivity index (χ4n) is 3.33. The van der Waals surface area contributed by atoms with Crippen molar-refractivity contribution in [3.8, 4) is 11.5 Å². The number of methoxy groups -OCH3 is 1. The van der Waals surface area contributed by atoms with Crippen molar-refractivity contribution in [3.63, 3.8) is 0 Å². The smallest absolute Gasteiger partial charge is 0.298 e. The molecule has 0 aromatic heterocycles. The number of nitrogens with zero attached hydrogens (tertiary/aromatic N) is 1. The maximum atomic E-state index is 13.0. The minimum atomic E-state index is -0.439. The number of hydrogen-bond acceptors (Lipinski definition) is 6. The first-order chi connectivity index (χ1) is 17.2. The molecule has 1 fully saturated rings. The number of thioether (sulfide) groups is 1. The van der Waals surface area contributed by atoms with Crippen molar-refractivity contribution in [3.05, 3.63) is 86.2 Å². The average molecular weight is 588 g/mol. The maximum Gasteiger partial charge on any atom is 0.298 e. The van der Waals surface area contributed by atoms with E-state index in [2.05, 4.69) is 21.2 Å². The first-order valence-corrected chi connectivity index (χ1v) is 12.6. The number of imide groups is 1. The van der Waals surface area contributed by atoms with Gasteiger partial charge in [-0.2, -0.15) is 0 Å². The van der Waals surface area contributed by atoms with Crippen LogP contribution < -0.4 is 19.7 Å². The van der Waals surface area contributed by atoms with Gasteiger partial charge in [0.1, 0.15) is 0 Å². The van der Waals surface area contributed by atoms with E-state index in [1.807, 2.05) is 31.2 Å². The van der Waals surface area contributed by atoms with Crippen molar-refractivity contribution in [1.82, 2.24) is 0 Å². The van der Waals surface area contributed by atoms with Gasteiger partial charge in [-0.25, -0.2) is 4.90 Å². The van der Waals surface area contributed by atoms with Crippen LogP contribution in [0, 0.1) is 6.92 Å². The van der Waals surface area contributed by atoms with Crippen LogP contribution in [-0.2, 0) is 9.59 Å². The molecule has 4 rings (SSSR count). The monoisotopic (exact) mass is 586 g/mol. The minimum Gasteiger partial charge on any atom is -0.493 e. The molecule has 0 spiro atoms. The molecule has 184 valence electrons. The predicted molar refractivity (Wildman–Crippen MR) is 146 cm³/mol. The number of ether oxygens (including phenoxy) is 2. The van der Waals surface area contributed by atoms with E-state index in [9.17, 15) is 14.4 Å². The van der Waals surface area contributed by atoms with Crippen LogP contribution in [0.25, 0.3) is 6.08 Å². The summed E-state index contributed by atoms with van der Waals surface area (Å²) in [4.78, 5) is 39.1. The molecule has 1 saturated heterocycles. The number of hydrogen-bond donors (Lipinski definition) is 1. The van der Waals surface area contributed by atoms with Crippen molar-refractivity contribution in [2.24, 2.45) is 0 Å². The highest BCUT2D eigenvalue weighted by Crippen LogP contribution is 2.39. The van der Waals surface area contributed by atoms with Crippen molar-refractivity contribution < 1.29 is 23.9 Å². The van der Waals surface area contributed by atoms with Crippen molar-refractivity contribution in [2.75, 3.05) is 23.9 Å². The van der Waals surface area contributed by atoms with Crippen molar-refractivity contribution in [2.45, 2.75) is 6.92 Å². The predicted octanol–water partition coefficient (Wildman–Crippen LogP) is 6.68. The summed E-state index contributed by atoms with van der Waals surface area (Å²) < 4.78 is 11.7. The molecular formula is C26H20BrClN2O5S. The van der Waals surface area contributed by atoms with Gasteiger partial charge in [0, 0.05) is 15.2 Å². The number of nitrogens with one attached hydrogen (secondary N) is 1. The minimum absolute atomic E-state index is 0.226. The Morgan fingerprint density at radius 2 is 1.78 bits per heavy atom. The van der Waals surface area contributed by atoms with Crippen LogP contribution in [0.4, 0.5) is 16.2 Å². The number of amides is 3. The number of aryl methyl sites for hydroxylation is 1. The van der Waals surface area contributed by atoms with E-state index in [-0.39, 0.29) is 17.4 Å². The number of rotatable bonds is 7. The van der Waals surface area contributed by atoms with Gasteiger partial charge in [0.2, 0.25) is 0 Å². The van der Waals surface area contributed by atoms with Gasteiger partial charge in [-0.05, 0) is 78.9 Å². The molecule has 3 amide bonds. The van der Waals surface area contributed by atoms with Crippen LogP contribution >= 0.6 is 39.3 Å². The van der Waals surface area contributed by atoms with Crippen LogP contribution in [0.1, 0.15) is 11.1 Å². The Balaban J connectivity index is 1.49. The second-order valence-electron chi connectivity index (χ2n) is 7.72. The lowest BCUT2D eigenvalue weighted by atomic mass is 10.1. The largest absolute Gasteiger partial charge is 0.493 e. The molecule has 10 heteroatoms. The molecule has 0 bridgehead atoms. The van der Waals surface area contributed by atoms with Gasteiger partial charge in [0.05, 0.1) is 17.7 Å². The zero-order chi connectivity index (χ0) is 25.8. The zero-order valence-electron chi connectivity index (χ0n) is 19.2. The number of halogens is 2. The van der Waals surface area contributed by atoms with Crippen molar-refractivity contribution in [1.29, 1.82) is 0 Å². The standard InChI is InChI=1S/C26H20BrClN2O5S/c1-15-3-7-18(8-4-15)29-24(31)14-35-22-13-20(27)16(11-21(22)34-2)12-23-25(32)30(26(33)36-23)19-9-5-17(28)6-10-19/h3-13H,14H2,1-2H3,(H,29,31)/b23-12+. The average Bonchev–Trinajstić information content (AvgIpc) is 3.13. The first-order valence-electron chi connectivity index (χ1n) is 10.7. The second-order valence-corrected chi connectivity index (χ2v) is 10.0. The molecule has 1 aliphatic rings. The third-order valence-corrected chi connectivity index (χ3v) is 6.95. The van der Waals surface area contributed by atoms with E-state index in [0.29, 0.717) is 37.9 Å². The van der Waals surface area contributed by atoms with Gasteiger partial charge in [-0.1, -0.05) is 45.2 Å². The summed E-state index contributed by atoms with van der Waals surface area (Å²) in [7, 11) is 1.47. The maximum absolute atomic E-state index is 13.0. The van der Waals surface area contributed by atoms with Gasteiger partial charge in [0.25, 0.3) is 17.1 Å². The molecule has 1 aliphatic heterocycles. The Hall–Kier alpha value is -3.27.